The van der Waals surface area contributed by atoms with Crippen molar-refractivity contribution in [2.24, 2.45) is 11.7 Å². The molecule has 2 heteroatoms. The summed E-state index contributed by atoms with van der Waals surface area (Å²) in [5.74, 6) is 1.15. The van der Waals surface area contributed by atoms with Crippen molar-refractivity contribution in [3.63, 3.8) is 0 Å². The number of hydrogen-bond donors (Lipinski definition) is 1. The van der Waals surface area contributed by atoms with Crippen molar-refractivity contribution in [3.05, 3.63) is 66.2 Å². The van der Waals surface area contributed by atoms with Crippen LogP contribution in [-0.2, 0) is 0 Å². The average molecular weight is 241 g/mol. The van der Waals surface area contributed by atoms with E-state index < -0.39 is 0 Å². The molecule has 0 saturated heterocycles. The lowest BCUT2D eigenvalue weighted by atomic mass is 9.97. The fourth-order valence-electron chi connectivity index (χ4n) is 1.92. The van der Waals surface area contributed by atoms with E-state index in [0.29, 0.717) is 6.54 Å². The molecule has 0 bridgehead atoms. The van der Waals surface area contributed by atoms with Gasteiger partial charge in [-0.2, -0.15) is 0 Å². The van der Waals surface area contributed by atoms with Gasteiger partial charge in [0.05, 0.1) is 0 Å². The molecule has 0 saturated carbocycles. The highest BCUT2D eigenvalue weighted by Gasteiger charge is 2.19. The van der Waals surface area contributed by atoms with Crippen LogP contribution in [0.5, 0.6) is 5.75 Å². The standard InChI is InChI=1S/C16H19NO/c1-13(12-17)16(14-8-4-2-5-9-14)18-15-10-6-3-7-11-15/h2-11,13,16H,12,17H2,1H3. The first kappa shape index (κ1) is 12.7. The number of nitrogens with two attached hydrogens (primary N) is 1. The molecular weight excluding hydrogens is 222 g/mol. The van der Waals surface area contributed by atoms with Crippen LogP contribution in [0, 0.1) is 5.92 Å². The van der Waals surface area contributed by atoms with Gasteiger partial charge in [-0.1, -0.05) is 55.5 Å². The Bertz CT molecular complexity index is 455. The van der Waals surface area contributed by atoms with Crippen molar-refractivity contribution in [2.45, 2.75) is 13.0 Å². The van der Waals surface area contributed by atoms with Gasteiger partial charge in [0.1, 0.15) is 11.9 Å². The number of benzene rings is 2. The second-order valence-corrected chi connectivity index (χ2v) is 4.48. The molecule has 0 spiro atoms. The zero-order valence-corrected chi connectivity index (χ0v) is 10.6. The minimum absolute atomic E-state index is 0.00130. The van der Waals surface area contributed by atoms with Crippen molar-refractivity contribution in [1.82, 2.24) is 0 Å². The van der Waals surface area contributed by atoms with E-state index in [1.807, 2.05) is 48.5 Å². The van der Waals surface area contributed by atoms with Gasteiger partial charge in [-0.15, -0.1) is 0 Å². The molecule has 0 aliphatic rings. The Morgan fingerprint density at radius 2 is 1.50 bits per heavy atom. The van der Waals surface area contributed by atoms with E-state index in [9.17, 15) is 0 Å². The molecule has 0 fully saturated rings. The monoisotopic (exact) mass is 241 g/mol. The third kappa shape index (κ3) is 3.11. The number of hydrogen-bond acceptors (Lipinski definition) is 2. The third-order valence-corrected chi connectivity index (χ3v) is 3.02. The summed E-state index contributed by atoms with van der Waals surface area (Å²) in [6, 6.07) is 20.1. The molecule has 0 aliphatic carbocycles. The average Bonchev–Trinajstić information content (AvgIpc) is 2.46. The maximum Gasteiger partial charge on any atom is 0.127 e. The Hall–Kier alpha value is -1.80. The first-order valence-corrected chi connectivity index (χ1v) is 6.28. The normalized spacial score (nSPS) is 13.9. The highest BCUT2D eigenvalue weighted by atomic mass is 16.5. The topological polar surface area (TPSA) is 35.2 Å². The smallest absolute Gasteiger partial charge is 0.127 e. The fraction of sp³-hybridized carbons (Fsp3) is 0.250. The summed E-state index contributed by atoms with van der Waals surface area (Å²) in [5, 5.41) is 0. The molecule has 2 unspecified atom stereocenters. The second-order valence-electron chi connectivity index (χ2n) is 4.48. The first-order valence-electron chi connectivity index (χ1n) is 6.28. The van der Waals surface area contributed by atoms with Gasteiger partial charge < -0.3 is 10.5 Å². The Morgan fingerprint density at radius 1 is 0.944 bits per heavy atom. The maximum absolute atomic E-state index is 6.07. The molecule has 0 heterocycles. The fourth-order valence-corrected chi connectivity index (χ4v) is 1.92. The molecule has 2 atom stereocenters. The van der Waals surface area contributed by atoms with Crippen LogP contribution < -0.4 is 10.5 Å². The van der Waals surface area contributed by atoms with E-state index in [2.05, 4.69) is 19.1 Å². The van der Waals surface area contributed by atoms with Crippen molar-refractivity contribution in [3.8, 4) is 5.75 Å². The molecule has 2 nitrogen and oxygen atoms in total. The zero-order chi connectivity index (χ0) is 12.8. The molecule has 2 aromatic carbocycles. The molecule has 2 rings (SSSR count). The van der Waals surface area contributed by atoms with Crippen LogP contribution >= 0.6 is 0 Å². The summed E-state index contributed by atoms with van der Waals surface area (Å²) >= 11 is 0. The Kier molecular flexibility index (Phi) is 4.37. The van der Waals surface area contributed by atoms with E-state index in [1.54, 1.807) is 0 Å². The van der Waals surface area contributed by atoms with E-state index in [1.165, 1.54) is 5.56 Å². The summed E-state index contributed by atoms with van der Waals surface area (Å²) in [4.78, 5) is 0. The van der Waals surface area contributed by atoms with Gasteiger partial charge in [-0.25, -0.2) is 0 Å². The summed E-state index contributed by atoms with van der Waals surface area (Å²) in [6.07, 6.45) is -0.00130. The van der Waals surface area contributed by atoms with Crippen molar-refractivity contribution >= 4 is 0 Å². The van der Waals surface area contributed by atoms with Crippen LogP contribution in [0.15, 0.2) is 60.7 Å². The largest absolute Gasteiger partial charge is 0.485 e. The van der Waals surface area contributed by atoms with Gasteiger partial charge in [-0.3, -0.25) is 0 Å². The summed E-state index contributed by atoms with van der Waals surface area (Å²) in [7, 11) is 0. The van der Waals surface area contributed by atoms with E-state index >= 15 is 0 Å². The summed E-state index contributed by atoms with van der Waals surface area (Å²) in [5.41, 5.74) is 6.95. The maximum atomic E-state index is 6.07. The van der Waals surface area contributed by atoms with Crippen molar-refractivity contribution in [2.75, 3.05) is 6.54 Å². The highest BCUT2D eigenvalue weighted by molar-refractivity contribution is 5.24. The molecule has 2 N–H and O–H groups in total. The number of para-hydroxylation sites is 1. The van der Waals surface area contributed by atoms with Crippen LogP contribution in [-0.4, -0.2) is 6.54 Å². The Balaban J connectivity index is 2.21. The minimum atomic E-state index is -0.00130. The Morgan fingerprint density at radius 3 is 2.06 bits per heavy atom. The molecular formula is C16H19NO. The number of rotatable bonds is 5. The zero-order valence-electron chi connectivity index (χ0n) is 10.6. The van der Waals surface area contributed by atoms with Crippen LogP contribution in [0.1, 0.15) is 18.6 Å². The molecule has 18 heavy (non-hydrogen) atoms. The summed E-state index contributed by atoms with van der Waals surface area (Å²) < 4.78 is 6.07. The molecule has 0 amide bonds. The predicted octanol–water partition coefficient (Wildman–Crippen LogP) is 3.40. The Labute approximate surface area is 108 Å². The van der Waals surface area contributed by atoms with E-state index in [-0.39, 0.29) is 12.0 Å². The van der Waals surface area contributed by atoms with Crippen molar-refractivity contribution in [1.29, 1.82) is 0 Å². The van der Waals surface area contributed by atoms with Crippen LogP contribution in [0.2, 0.25) is 0 Å². The highest BCUT2D eigenvalue weighted by Crippen LogP contribution is 2.27. The van der Waals surface area contributed by atoms with Gasteiger partial charge in [-0.05, 0) is 24.2 Å². The van der Waals surface area contributed by atoms with Gasteiger partial charge in [0, 0.05) is 5.92 Å². The SMILES string of the molecule is CC(CN)C(Oc1ccccc1)c1ccccc1. The van der Waals surface area contributed by atoms with Crippen molar-refractivity contribution < 1.29 is 4.74 Å². The van der Waals surface area contributed by atoms with E-state index in [4.69, 9.17) is 10.5 Å². The predicted molar refractivity (Wildman–Crippen MR) is 74.5 cm³/mol. The van der Waals surface area contributed by atoms with Gasteiger partial charge in [0.25, 0.3) is 0 Å². The third-order valence-electron chi connectivity index (χ3n) is 3.02. The lowest BCUT2D eigenvalue weighted by Crippen LogP contribution is -2.23. The molecule has 94 valence electrons. The van der Waals surface area contributed by atoms with Gasteiger partial charge >= 0.3 is 0 Å². The molecule has 0 aliphatic heterocycles. The van der Waals surface area contributed by atoms with Crippen LogP contribution in [0.4, 0.5) is 0 Å². The van der Waals surface area contributed by atoms with Gasteiger partial charge in [0.2, 0.25) is 0 Å². The van der Waals surface area contributed by atoms with Crippen LogP contribution in [0.25, 0.3) is 0 Å². The van der Waals surface area contributed by atoms with E-state index in [0.717, 1.165) is 5.75 Å². The molecule has 2 aromatic rings. The molecule has 0 aromatic heterocycles. The lowest BCUT2D eigenvalue weighted by molar-refractivity contribution is 0.148. The summed E-state index contributed by atoms with van der Waals surface area (Å²) in [6.45, 7) is 2.72. The quantitative estimate of drug-likeness (QED) is 0.870. The molecule has 0 radical (unpaired) electrons. The first-order chi connectivity index (χ1) is 8.81. The lowest BCUT2D eigenvalue weighted by Gasteiger charge is -2.24. The minimum Gasteiger partial charge on any atom is -0.485 e. The second kappa shape index (κ2) is 6.22. The van der Waals surface area contributed by atoms with Gasteiger partial charge in [0.15, 0.2) is 0 Å². The number of ether oxygens (including phenoxy) is 1. The van der Waals surface area contributed by atoms with Crippen LogP contribution in [0.3, 0.4) is 0 Å².